The van der Waals surface area contributed by atoms with E-state index in [1.165, 1.54) is 11.8 Å². The molecule has 5 nitrogen and oxygen atoms in total. The average molecular weight is 269 g/mol. The van der Waals surface area contributed by atoms with E-state index in [1.807, 2.05) is 13.2 Å². The summed E-state index contributed by atoms with van der Waals surface area (Å²) in [5.41, 5.74) is 1.21. The highest BCUT2D eigenvalue weighted by Crippen LogP contribution is 2.20. The monoisotopic (exact) mass is 269 g/mol. The van der Waals surface area contributed by atoms with Crippen LogP contribution in [-0.4, -0.2) is 39.9 Å². The summed E-state index contributed by atoms with van der Waals surface area (Å²) < 4.78 is 0. The van der Waals surface area contributed by atoms with Crippen LogP contribution in [0.25, 0.3) is 0 Å². The van der Waals surface area contributed by atoms with Crippen LogP contribution >= 0.6 is 11.8 Å². The zero-order valence-electron chi connectivity index (χ0n) is 11.1. The fourth-order valence-corrected chi connectivity index (χ4v) is 2.24. The second-order valence-corrected chi connectivity index (χ2v) is 4.93. The van der Waals surface area contributed by atoms with Gasteiger partial charge >= 0.3 is 0 Å². The summed E-state index contributed by atoms with van der Waals surface area (Å²) in [5.74, 6) is 0.481. The number of amides is 1. The van der Waals surface area contributed by atoms with Crippen LogP contribution in [-0.2, 0) is 0 Å². The SMILES string of the molecule is CSc1nc(C)nc(C)c1C(=O)NCCC(C)O. The molecule has 6 heteroatoms. The third kappa shape index (κ3) is 3.96. The normalized spacial score (nSPS) is 12.3. The Morgan fingerprint density at radius 3 is 2.67 bits per heavy atom. The largest absolute Gasteiger partial charge is 0.393 e. The van der Waals surface area contributed by atoms with Gasteiger partial charge in [-0.25, -0.2) is 9.97 Å². The minimum absolute atomic E-state index is 0.183. The molecule has 0 bridgehead atoms. The van der Waals surface area contributed by atoms with Crippen molar-refractivity contribution < 1.29 is 9.90 Å². The molecule has 0 saturated heterocycles. The second-order valence-electron chi connectivity index (χ2n) is 4.13. The number of aryl methyl sites for hydroxylation is 2. The summed E-state index contributed by atoms with van der Waals surface area (Å²) >= 11 is 1.43. The highest BCUT2D eigenvalue weighted by molar-refractivity contribution is 7.98. The van der Waals surface area contributed by atoms with Crippen LogP contribution in [0.4, 0.5) is 0 Å². The van der Waals surface area contributed by atoms with Crippen molar-refractivity contribution in [1.82, 2.24) is 15.3 Å². The van der Waals surface area contributed by atoms with Crippen molar-refractivity contribution in [3.05, 3.63) is 17.1 Å². The molecular formula is C12H19N3O2S. The van der Waals surface area contributed by atoms with Crippen molar-refractivity contribution in [2.24, 2.45) is 0 Å². The maximum absolute atomic E-state index is 12.1. The van der Waals surface area contributed by atoms with Crippen molar-refractivity contribution in [3.8, 4) is 0 Å². The molecule has 0 aromatic carbocycles. The van der Waals surface area contributed by atoms with Gasteiger partial charge in [0.25, 0.3) is 5.91 Å². The molecule has 2 N–H and O–H groups in total. The van der Waals surface area contributed by atoms with Gasteiger partial charge in [-0.2, -0.15) is 0 Å². The molecule has 0 spiro atoms. The average Bonchev–Trinajstić information content (AvgIpc) is 2.26. The number of carbonyl (C=O) groups excluding carboxylic acids is 1. The first-order valence-electron chi connectivity index (χ1n) is 5.81. The number of aromatic nitrogens is 2. The van der Waals surface area contributed by atoms with Crippen molar-refractivity contribution in [1.29, 1.82) is 0 Å². The molecule has 0 aliphatic heterocycles. The van der Waals surface area contributed by atoms with Gasteiger partial charge in [-0.05, 0) is 33.4 Å². The summed E-state index contributed by atoms with van der Waals surface area (Å²) in [4.78, 5) is 20.5. The Kier molecular flexibility index (Phi) is 5.55. The fraction of sp³-hybridized carbons (Fsp3) is 0.583. The van der Waals surface area contributed by atoms with Crippen molar-refractivity contribution in [2.45, 2.75) is 38.3 Å². The molecule has 1 atom stereocenters. The molecule has 1 aromatic heterocycles. The van der Waals surface area contributed by atoms with E-state index in [4.69, 9.17) is 5.11 Å². The summed E-state index contributed by atoms with van der Waals surface area (Å²) in [6.07, 6.45) is 2.00. The number of hydrogen-bond donors (Lipinski definition) is 2. The van der Waals surface area contributed by atoms with Gasteiger partial charge in [0.15, 0.2) is 0 Å². The number of aliphatic hydroxyl groups excluding tert-OH is 1. The molecule has 0 fully saturated rings. The van der Waals surface area contributed by atoms with E-state index in [2.05, 4.69) is 15.3 Å². The Morgan fingerprint density at radius 2 is 2.11 bits per heavy atom. The molecule has 0 aliphatic rings. The van der Waals surface area contributed by atoms with E-state index in [9.17, 15) is 4.79 Å². The predicted octanol–water partition coefficient (Wildman–Crippen LogP) is 1.32. The van der Waals surface area contributed by atoms with Crippen molar-refractivity contribution >= 4 is 17.7 Å². The van der Waals surface area contributed by atoms with Gasteiger partial charge in [0, 0.05) is 6.54 Å². The minimum atomic E-state index is -0.416. The van der Waals surface area contributed by atoms with E-state index in [1.54, 1.807) is 13.8 Å². The lowest BCUT2D eigenvalue weighted by Gasteiger charge is -2.11. The molecule has 1 unspecified atom stereocenters. The van der Waals surface area contributed by atoms with Gasteiger partial charge in [0.05, 0.1) is 17.4 Å². The zero-order valence-corrected chi connectivity index (χ0v) is 12.0. The zero-order chi connectivity index (χ0) is 13.7. The molecule has 1 heterocycles. The Morgan fingerprint density at radius 1 is 1.44 bits per heavy atom. The molecule has 1 aromatic rings. The van der Waals surface area contributed by atoms with E-state index >= 15 is 0 Å². The third-order valence-electron chi connectivity index (χ3n) is 2.44. The van der Waals surface area contributed by atoms with Crippen LogP contribution in [0.3, 0.4) is 0 Å². The van der Waals surface area contributed by atoms with Crippen LogP contribution in [0.15, 0.2) is 5.03 Å². The first-order chi connectivity index (χ1) is 8.45. The topological polar surface area (TPSA) is 75.1 Å². The lowest BCUT2D eigenvalue weighted by molar-refractivity contribution is 0.0940. The summed E-state index contributed by atoms with van der Waals surface area (Å²) in [5, 5.41) is 12.6. The lowest BCUT2D eigenvalue weighted by atomic mass is 10.2. The lowest BCUT2D eigenvalue weighted by Crippen LogP contribution is -2.28. The highest BCUT2D eigenvalue weighted by atomic mass is 32.2. The van der Waals surface area contributed by atoms with Crippen molar-refractivity contribution in [2.75, 3.05) is 12.8 Å². The molecule has 100 valence electrons. The van der Waals surface area contributed by atoms with E-state index in [0.29, 0.717) is 35.1 Å². The first-order valence-corrected chi connectivity index (χ1v) is 7.03. The Hall–Kier alpha value is -1.14. The third-order valence-corrected chi connectivity index (χ3v) is 3.12. The van der Waals surface area contributed by atoms with Crippen LogP contribution in [0.2, 0.25) is 0 Å². The maximum atomic E-state index is 12.1. The number of aliphatic hydroxyl groups is 1. The molecule has 1 amide bonds. The van der Waals surface area contributed by atoms with Gasteiger partial charge in [-0.15, -0.1) is 11.8 Å². The number of nitrogens with zero attached hydrogens (tertiary/aromatic N) is 2. The van der Waals surface area contributed by atoms with Crippen LogP contribution in [0.5, 0.6) is 0 Å². The second kappa shape index (κ2) is 6.70. The Labute approximate surface area is 111 Å². The number of carbonyl (C=O) groups is 1. The standard InChI is InChI=1S/C12H19N3O2S/c1-7(16)5-6-13-11(17)10-8(2)14-9(3)15-12(10)18-4/h7,16H,5-6H2,1-4H3,(H,13,17). The smallest absolute Gasteiger partial charge is 0.255 e. The van der Waals surface area contributed by atoms with Gasteiger partial charge < -0.3 is 10.4 Å². The van der Waals surface area contributed by atoms with E-state index < -0.39 is 6.10 Å². The van der Waals surface area contributed by atoms with Gasteiger partial charge in [0.1, 0.15) is 10.9 Å². The number of nitrogens with one attached hydrogen (secondary N) is 1. The van der Waals surface area contributed by atoms with Crippen LogP contribution in [0, 0.1) is 13.8 Å². The van der Waals surface area contributed by atoms with Crippen molar-refractivity contribution in [3.63, 3.8) is 0 Å². The Bertz CT molecular complexity index is 436. The summed E-state index contributed by atoms with van der Waals surface area (Å²) in [6.45, 7) is 5.75. The van der Waals surface area contributed by atoms with Gasteiger partial charge in [-0.1, -0.05) is 0 Å². The molecule has 0 saturated carbocycles. The molecule has 18 heavy (non-hydrogen) atoms. The highest BCUT2D eigenvalue weighted by Gasteiger charge is 2.17. The molecule has 1 rings (SSSR count). The van der Waals surface area contributed by atoms with E-state index in [0.717, 1.165) is 0 Å². The molecule has 0 aliphatic carbocycles. The van der Waals surface area contributed by atoms with Gasteiger partial charge in [0.2, 0.25) is 0 Å². The number of rotatable bonds is 5. The number of hydrogen-bond acceptors (Lipinski definition) is 5. The maximum Gasteiger partial charge on any atom is 0.255 e. The fourth-order valence-electron chi connectivity index (χ4n) is 1.57. The predicted molar refractivity (Wildman–Crippen MR) is 71.9 cm³/mol. The first kappa shape index (κ1) is 14.9. The minimum Gasteiger partial charge on any atom is -0.393 e. The van der Waals surface area contributed by atoms with E-state index in [-0.39, 0.29) is 5.91 Å². The molecular weight excluding hydrogens is 250 g/mol. The molecule has 0 radical (unpaired) electrons. The number of thioether (sulfide) groups is 1. The summed E-state index contributed by atoms with van der Waals surface area (Å²) in [7, 11) is 0. The van der Waals surface area contributed by atoms with Gasteiger partial charge in [-0.3, -0.25) is 4.79 Å². The van der Waals surface area contributed by atoms with Crippen LogP contribution < -0.4 is 5.32 Å². The quantitative estimate of drug-likeness (QED) is 0.623. The summed E-state index contributed by atoms with van der Waals surface area (Å²) in [6, 6.07) is 0. The van der Waals surface area contributed by atoms with Crippen LogP contribution in [0.1, 0.15) is 35.2 Å². The Balaban J connectivity index is 2.84.